The average molecular weight is 315 g/mol. The van der Waals surface area contributed by atoms with Gasteiger partial charge in [-0.15, -0.1) is 0 Å². The number of hydrogen-bond donors (Lipinski definition) is 1. The van der Waals surface area contributed by atoms with Crippen LogP contribution in [0.2, 0.25) is 0 Å². The second-order valence-corrected chi connectivity index (χ2v) is 6.72. The highest BCUT2D eigenvalue weighted by Crippen LogP contribution is 2.19. The van der Waals surface area contributed by atoms with E-state index in [-0.39, 0.29) is 23.8 Å². The van der Waals surface area contributed by atoms with E-state index in [4.69, 9.17) is 0 Å². The summed E-state index contributed by atoms with van der Waals surface area (Å²) in [6.07, 6.45) is 2.11. The molecule has 2 atom stereocenters. The Kier molecular flexibility index (Phi) is 4.96. The number of hydrogen-bond acceptors (Lipinski definition) is 3. The minimum atomic E-state index is -0.151. The van der Waals surface area contributed by atoms with Crippen molar-refractivity contribution in [1.82, 2.24) is 15.1 Å². The van der Waals surface area contributed by atoms with Crippen LogP contribution in [0.15, 0.2) is 30.3 Å². The Hall–Kier alpha value is -1.88. The molecule has 23 heavy (non-hydrogen) atoms. The van der Waals surface area contributed by atoms with Gasteiger partial charge in [0.25, 0.3) is 0 Å². The van der Waals surface area contributed by atoms with Gasteiger partial charge in [0.05, 0.1) is 0 Å². The molecule has 2 aliphatic heterocycles. The molecule has 0 aliphatic carbocycles. The number of amides is 2. The topological polar surface area (TPSA) is 52.7 Å². The first-order chi connectivity index (χ1) is 11.1. The van der Waals surface area contributed by atoms with E-state index in [1.54, 1.807) is 11.9 Å². The summed E-state index contributed by atoms with van der Waals surface area (Å²) < 4.78 is 0. The first kappa shape index (κ1) is 16.0. The van der Waals surface area contributed by atoms with Gasteiger partial charge < -0.3 is 10.2 Å². The smallest absolute Gasteiger partial charge is 0.223 e. The Bertz CT molecular complexity index is 561. The fourth-order valence-electron chi connectivity index (χ4n) is 3.42. The zero-order chi connectivity index (χ0) is 16.2. The standard InChI is InChI=1S/C18H25N3O2/c1-20-9-7-15(11-17(20)22)18(23)19-16-8-10-21(13-16)12-14-5-3-2-4-6-14/h2-6,15-16H,7-13H2,1H3,(H,19,23)/t15-,16+/m0/s1. The molecule has 124 valence electrons. The fourth-order valence-corrected chi connectivity index (χ4v) is 3.42. The lowest BCUT2D eigenvalue weighted by molar-refractivity contribution is -0.139. The van der Waals surface area contributed by atoms with Gasteiger partial charge in [-0.1, -0.05) is 30.3 Å². The molecule has 1 N–H and O–H groups in total. The monoisotopic (exact) mass is 315 g/mol. The third-order valence-electron chi connectivity index (χ3n) is 4.90. The van der Waals surface area contributed by atoms with Crippen molar-refractivity contribution in [3.05, 3.63) is 35.9 Å². The van der Waals surface area contributed by atoms with Gasteiger partial charge in [0, 0.05) is 51.6 Å². The second-order valence-electron chi connectivity index (χ2n) is 6.72. The highest BCUT2D eigenvalue weighted by Gasteiger charge is 2.31. The molecule has 1 aromatic rings. The van der Waals surface area contributed by atoms with E-state index in [1.165, 1.54) is 5.56 Å². The molecule has 5 heteroatoms. The summed E-state index contributed by atoms with van der Waals surface area (Å²) in [4.78, 5) is 28.2. The molecule has 1 aromatic carbocycles. The van der Waals surface area contributed by atoms with Gasteiger partial charge in [0.1, 0.15) is 0 Å². The van der Waals surface area contributed by atoms with Crippen LogP contribution in [0.5, 0.6) is 0 Å². The van der Waals surface area contributed by atoms with Crippen LogP contribution in [-0.2, 0) is 16.1 Å². The lowest BCUT2D eigenvalue weighted by Gasteiger charge is -2.28. The molecule has 2 aliphatic rings. The zero-order valence-electron chi connectivity index (χ0n) is 13.7. The number of carbonyl (C=O) groups is 2. The first-order valence-corrected chi connectivity index (χ1v) is 8.42. The predicted octanol–water partition coefficient (Wildman–Crippen LogP) is 1.25. The second kappa shape index (κ2) is 7.13. The van der Waals surface area contributed by atoms with Crippen molar-refractivity contribution in [3.8, 4) is 0 Å². The highest BCUT2D eigenvalue weighted by atomic mass is 16.2. The van der Waals surface area contributed by atoms with Crippen molar-refractivity contribution in [2.24, 2.45) is 5.92 Å². The third-order valence-corrected chi connectivity index (χ3v) is 4.90. The maximum absolute atomic E-state index is 12.4. The lowest BCUT2D eigenvalue weighted by Crippen LogP contribution is -2.45. The van der Waals surface area contributed by atoms with Gasteiger partial charge in [-0.3, -0.25) is 14.5 Å². The molecule has 0 spiro atoms. The van der Waals surface area contributed by atoms with Gasteiger partial charge in [0.15, 0.2) is 0 Å². The van der Waals surface area contributed by atoms with Gasteiger partial charge in [0.2, 0.25) is 11.8 Å². The molecular weight excluding hydrogens is 290 g/mol. The number of piperidine rings is 1. The van der Waals surface area contributed by atoms with E-state index in [0.717, 1.165) is 32.5 Å². The first-order valence-electron chi connectivity index (χ1n) is 8.42. The van der Waals surface area contributed by atoms with Crippen LogP contribution in [0.25, 0.3) is 0 Å². The molecule has 0 radical (unpaired) electrons. The van der Waals surface area contributed by atoms with Crippen molar-refractivity contribution in [2.45, 2.75) is 31.8 Å². The van der Waals surface area contributed by atoms with E-state index in [0.29, 0.717) is 13.0 Å². The normalized spacial score (nSPS) is 25.6. The number of benzene rings is 1. The Labute approximate surface area is 137 Å². The molecule has 0 saturated carbocycles. The number of nitrogens with one attached hydrogen (secondary N) is 1. The van der Waals surface area contributed by atoms with Crippen LogP contribution in [0.3, 0.4) is 0 Å². The summed E-state index contributed by atoms with van der Waals surface area (Å²) in [5.74, 6) is -0.0200. The van der Waals surface area contributed by atoms with Gasteiger partial charge >= 0.3 is 0 Å². The molecule has 2 amide bonds. The Morgan fingerprint density at radius 2 is 2.00 bits per heavy atom. The SMILES string of the molecule is CN1CC[C@H](C(=O)N[C@@H]2CCN(Cc3ccccc3)C2)CC1=O. The number of nitrogens with zero attached hydrogens (tertiary/aromatic N) is 2. The van der Waals surface area contributed by atoms with E-state index >= 15 is 0 Å². The lowest BCUT2D eigenvalue weighted by atomic mass is 9.95. The Balaban J connectivity index is 1.46. The molecule has 3 rings (SSSR count). The molecule has 0 unspecified atom stereocenters. The minimum Gasteiger partial charge on any atom is -0.352 e. The average Bonchev–Trinajstić information content (AvgIpc) is 2.98. The van der Waals surface area contributed by atoms with Crippen LogP contribution in [0.4, 0.5) is 0 Å². The molecule has 2 heterocycles. The van der Waals surface area contributed by atoms with Crippen molar-refractivity contribution >= 4 is 11.8 Å². The minimum absolute atomic E-state index is 0.0537. The van der Waals surface area contributed by atoms with Crippen LogP contribution in [-0.4, -0.2) is 54.3 Å². The summed E-state index contributed by atoms with van der Waals surface area (Å²) in [5.41, 5.74) is 1.31. The van der Waals surface area contributed by atoms with Crippen LogP contribution >= 0.6 is 0 Å². The maximum Gasteiger partial charge on any atom is 0.223 e. The van der Waals surface area contributed by atoms with Gasteiger partial charge in [-0.2, -0.15) is 0 Å². The molecule has 2 saturated heterocycles. The fraction of sp³-hybridized carbons (Fsp3) is 0.556. The summed E-state index contributed by atoms with van der Waals surface area (Å²) in [5, 5.41) is 3.15. The van der Waals surface area contributed by atoms with Gasteiger partial charge in [-0.25, -0.2) is 0 Å². The quantitative estimate of drug-likeness (QED) is 0.910. The Morgan fingerprint density at radius 1 is 1.22 bits per heavy atom. The summed E-state index contributed by atoms with van der Waals surface area (Å²) in [7, 11) is 1.80. The third kappa shape index (κ3) is 4.10. The molecular formula is C18H25N3O2. The number of carbonyl (C=O) groups excluding carboxylic acids is 2. The molecule has 0 bridgehead atoms. The van der Waals surface area contributed by atoms with Crippen molar-refractivity contribution in [2.75, 3.05) is 26.7 Å². The van der Waals surface area contributed by atoms with E-state index in [1.807, 2.05) is 6.07 Å². The van der Waals surface area contributed by atoms with Crippen molar-refractivity contribution < 1.29 is 9.59 Å². The Morgan fingerprint density at radius 3 is 2.74 bits per heavy atom. The molecule has 2 fully saturated rings. The van der Waals surface area contributed by atoms with Gasteiger partial charge in [-0.05, 0) is 18.4 Å². The zero-order valence-corrected chi connectivity index (χ0v) is 13.7. The van der Waals surface area contributed by atoms with E-state index < -0.39 is 0 Å². The van der Waals surface area contributed by atoms with Crippen molar-refractivity contribution in [3.63, 3.8) is 0 Å². The van der Waals surface area contributed by atoms with Crippen LogP contribution < -0.4 is 5.32 Å². The maximum atomic E-state index is 12.4. The van der Waals surface area contributed by atoms with Crippen molar-refractivity contribution in [1.29, 1.82) is 0 Å². The molecule has 5 nitrogen and oxygen atoms in total. The summed E-state index contributed by atoms with van der Waals surface area (Å²) in [6, 6.07) is 10.6. The molecule has 0 aromatic heterocycles. The summed E-state index contributed by atoms with van der Waals surface area (Å²) in [6.45, 7) is 3.51. The van der Waals surface area contributed by atoms with E-state index in [9.17, 15) is 9.59 Å². The largest absolute Gasteiger partial charge is 0.352 e. The highest BCUT2D eigenvalue weighted by molar-refractivity contribution is 5.87. The predicted molar refractivity (Wildman–Crippen MR) is 88.6 cm³/mol. The van der Waals surface area contributed by atoms with Crippen LogP contribution in [0, 0.1) is 5.92 Å². The summed E-state index contributed by atoms with van der Waals surface area (Å²) >= 11 is 0. The van der Waals surface area contributed by atoms with Crippen LogP contribution in [0.1, 0.15) is 24.8 Å². The number of rotatable bonds is 4. The van der Waals surface area contributed by atoms with E-state index in [2.05, 4.69) is 34.5 Å². The number of likely N-dealkylation sites (tertiary alicyclic amines) is 2.